The zero-order valence-corrected chi connectivity index (χ0v) is 18.3. The molecule has 2 atom stereocenters. The van der Waals surface area contributed by atoms with Gasteiger partial charge in [-0.15, -0.1) is 0 Å². The summed E-state index contributed by atoms with van der Waals surface area (Å²) in [4.78, 5) is 2.67. The summed E-state index contributed by atoms with van der Waals surface area (Å²) in [6.07, 6.45) is 6.48. The van der Waals surface area contributed by atoms with E-state index in [4.69, 9.17) is 0 Å². The van der Waals surface area contributed by atoms with Crippen molar-refractivity contribution in [1.29, 1.82) is 0 Å². The molecule has 0 aromatic heterocycles. The van der Waals surface area contributed by atoms with Crippen LogP contribution in [0.25, 0.3) is 5.70 Å². The summed E-state index contributed by atoms with van der Waals surface area (Å²) in [6.45, 7) is 11.4. The lowest BCUT2D eigenvalue weighted by Crippen LogP contribution is -2.47. The van der Waals surface area contributed by atoms with Gasteiger partial charge in [-0.05, 0) is 53.9 Å². The van der Waals surface area contributed by atoms with E-state index in [0.717, 1.165) is 43.6 Å². The average Bonchev–Trinajstić information content (AvgIpc) is 2.80. The Hall–Kier alpha value is -2.10. The maximum atomic E-state index is 4.37. The molecular formula is C27H37N3. The first-order valence-electron chi connectivity index (χ1n) is 11.8. The molecule has 2 aliphatic rings. The Kier molecular flexibility index (Phi) is 7.60. The molecule has 0 amide bonds. The van der Waals surface area contributed by atoms with E-state index in [1.54, 1.807) is 0 Å². The lowest BCUT2D eigenvalue weighted by molar-refractivity contribution is 0.140. The summed E-state index contributed by atoms with van der Waals surface area (Å²) in [5, 5.41) is 7.18. The lowest BCUT2D eigenvalue weighted by atomic mass is 9.78. The van der Waals surface area contributed by atoms with Crippen LogP contribution >= 0.6 is 0 Å². The molecule has 1 aliphatic carbocycles. The molecule has 4 rings (SSSR count). The number of hydrogen-bond acceptors (Lipinski definition) is 3. The maximum absolute atomic E-state index is 4.37. The fourth-order valence-corrected chi connectivity index (χ4v) is 5.08. The molecule has 0 bridgehead atoms. The molecule has 1 aliphatic heterocycles. The molecule has 2 aromatic carbocycles. The van der Waals surface area contributed by atoms with Crippen molar-refractivity contribution in [1.82, 2.24) is 15.5 Å². The minimum Gasteiger partial charge on any atom is -0.385 e. The average molecular weight is 404 g/mol. The van der Waals surface area contributed by atoms with Gasteiger partial charge in [0, 0.05) is 45.0 Å². The molecule has 0 radical (unpaired) electrons. The molecule has 1 saturated carbocycles. The predicted molar refractivity (Wildman–Crippen MR) is 127 cm³/mol. The van der Waals surface area contributed by atoms with Crippen molar-refractivity contribution < 1.29 is 0 Å². The normalized spacial score (nSPS) is 22.5. The molecule has 3 heteroatoms. The highest BCUT2D eigenvalue weighted by Crippen LogP contribution is 2.31. The molecule has 160 valence electrons. The number of hydrogen-bond donors (Lipinski definition) is 2. The van der Waals surface area contributed by atoms with E-state index in [2.05, 4.69) is 76.7 Å². The predicted octanol–water partition coefficient (Wildman–Crippen LogP) is 4.55. The van der Waals surface area contributed by atoms with Gasteiger partial charge in [-0.2, -0.15) is 0 Å². The fraction of sp³-hybridized carbons (Fsp3) is 0.481. The van der Waals surface area contributed by atoms with E-state index in [1.807, 2.05) is 0 Å². The Balaban J connectivity index is 1.32. The monoisotopic (exact) mass is 403 g/mol. The molecular weight excluding hydrogens is 366 g/mol. The van der Waals surface area contributed by atoms with Crippen LogP contribution in [0.5, 0.6) is 0 Å². The van der Waals surface area contributed by atoms with Crippen molar-refractivity contribution in [3.63, 3.8) is 0 Å². The molecule has 2 aromatic rings. The highest BCUT2D eigenvalue weighted by Gasteiger charge is 2.27. The Morgan fingerprint density at radius 3 is 2.47 bits per heavy atom. The van der Waals surface area contributed by atoms with Crippen LogP contribution < -0.4 is 10.6 Å². The number of nitrogens with zero attached hydrogens (tertiary/aromatic N) is 1. The van der Waals surface area contributed by atoms with Crippen molar-refractivity contribution in [2.24, 2.45) is 11.8 Å². The Morgan fingerprint density at radius 1 is 0.933 bits per heavy atom. The van der Waals surface area contributed by atoms with E-state index in [0.29, 0.717) is 0 Å². The summed E-state index contributed by atoms with van der Waals surface area (Å²) in [7, 11) is 0. The van der Waals surface area contributed by atoms with Gasteiger partial charge < -0.3 is 15.5 Å². The second-order valence-electron chi connectivity index (χ2n) is 9.08. The van der Waals surface area contributed by atoms with Crippen LogP contribution in [-0.4, -0.2) is 44.2 Å². The summed E-state index contributed by atoms with van der Waals surface area (Å²) >= 11 is 0. The first kappa shape index (κ1) is 21.1. The molecule has 0 spiro atoms. The van der Waals surface area contributed by atoms with Gasteiger partial charge >= 0.3 is 0 Å². The fourth-order valence-electron chi connectivity index (χ4n) is 5.08. The highest BCUT2D eigenvalue weighted by atomic mass is 15.2. The van der Waals surface area contributed by atoms with E-state index in [1.165, 1.54) is 62.0 Å². The maximum Gasteiger partial charge on any atom is 0.0340 e. The van der Waals surface area contributed by atoms with Gasteiger partial charge in [0.25, 0.3) is 0 Å². The lowest BCUT2D eigenvalue weighted by Gasteiger charge is -2.37. The van der Waals surface area contributed by atoms with Crippen molar-refractivity contribution >= 4 is 5.70 Å². The van der Waals surface area contributed by atoms with Gasteiger partial charge in [0.1, 0.15) is 0 Å². The number of benzene rings is 2. The third kappa shape index (κ3) is 5.96. The molecule has 2 unspecified atom stereocenters. The molecule has 1 saturated heterocycles. The van der Waals surface area contributed by atoms with Gasteiger partial charge in [0.2, 0.25) is 0 Å². The summed E-state index contributed by atoms with van der Waals surface area (Å²) in [5.41, 5.74) is 4.98. The topological polar surface area (TPSA) is 27.3 Å². The van der Waals surface area contributed by atoms with Crippen molar-refractivity contribution in [2.45, 2.75) is 32.1 Å². The van der Waals surface area contributed by atoms with Crippen LogP contribution in [0.4, 0.5) is 0 Å². The zero-order valence-electron chi connectivity index (χ0n) is 18.3. The minimum atomic E-state index is 0.762. The first-order valence-corrected chi connectivity index (χ1v) is 11.8. The quantitative estimate of drug-likeness (QED) is 0.677. The van der Waals surface area contributed by atoms with Crippen LogP contribution in [0.1, 0.15) is 42.4 Å². The first-order chi connectivity index (χ1) is 14.8. The van der Waals surface area contributed by atoms with E-state index < -0.39 is 0 Å². The van der Waals surface area contributed by atoms with Crippen molar-refractivity contribution in [3.8, 4) is 0 Å². The molecule has 2 N–H and O–H groups in total. The van der Waals surface area contributed by atoms with Gasteiger partial charge in [-0.25, -0.2) is 0 Å². The number of rotatable bonds is 8. The van der Waals surface area contributed by atoms with E-state index in [-0.39, 0.29) is 0 Å². The van der Waals surface area contributed by atoms with E-state index in [9.17, 15) is 0 Å². The Bertz CT molecular complexity index is 795. The largest absolute Gasteiger partial charge is 0.385 e. The third-order valence-corrected chi connectivity index (χ3v) is 6.87. The van der Waals surface area contributed by atoms with Crippen LogP contribution in [0, 0.1) is 11.8 Å². The summed E-state index contributed by atoms with van der Waals surface area (Å²) < 4.78 is 0. The summed E-state index contributed by atoms with van der Waals surface area (Å²) in [5.74, 6) is 1.58. The third-order valence-electron chi connectivity index (χ3n) is 6.87. The minimum absolute atomic E-state index is 0.762. The molecule has 1 heterocycles. The van der Waals surface area contributed by atoms with Crippen LogP contribution in [0.15, 0.2) is 61.2 Å². The van der Waals surface area contributed by atoms with Crippen LogP contribution in [-0.2, 0) is 6.42 Å². The van der Waals surface area contributed by atoms with Gasteiger partial charge in [0.05, 0.1) is 0 Å². The van der Waals surface area contributed by atoms with Gasteiger partial charge in [-0.1, -0.05) is 68.0 Å². The van der Waals surface area contributed by atoms with Crippen molar-refractivity contribution in [3.05, 3.63) is 77.9 Å². The van der Waals surface area contributed by atoms with Gasteiger partial charge in [-0.3, -0.25) is 0 Å². The molecule has 2 fully saturated rings. The Morgan fingerprint density at radius 2 is 1.67 bits per heavy atom. The number of piperazine rings is 1. The molecule has 30 heavy (non-hydrogen) atoms. The summed E-state index contributed by atoms with van der Waals surface area (Å²) in [6, 6.07) is 19.5. The van der Waals surface area contributed by atoms with Crippen molar-refractivity contribution in [2.75, 3.05) is 39.3 Å². The van der Waals surface area contributed by atoms with Gasteiger partial charge in [0.15, 0.2) is 0 Å². The highest BCUT2D eigenvalue weighted by molar-refractivity contribution is 5.62. The SMILES string of the molecule is C=C(NCC1CCCCC1CN1CCNCC1)c1cccc(Cc2ccccc2)c1. The zero-order chi connectivity index (χ0) is 20.6. The molecule has 3 nitrogen and oxygen atoms in total. The van der Waals surface area contributed by atoms with Crippen LogP contribution in [0.3, 0.4) is 0 Å². The van der Waals surface area contributed by atoms with Crippen LogP contribution in [0.2, 0.25) is 0 Å². The smallest absolute Gasteiger partial charge is 0.0340 e. The Labute approximate surface area is 182 Å². The second-order valence-corrected chi connectivity index (χ2v) is 9.08. The van der Waals surface area contributed by atoms with E-state index >= 15 is 0 Å². The second kappa shape index (κ2) is 10.8. The number of nitrogens with one attached hydrogen (secondary N) is 2. The standard InChI is InChI=1S/C27H37N3/c1-22(25-13-7-10-24(19-25)18-23-8-3-2-4-9-23)29-20-26-11-5-6-12-27(26)21-30-16-14-28-15-17-30/h2-4,7-10,13,19,26-29H,1,5-6,11-12,14-18,20-21H2.